The Morgan fingerprint density at radius 2 is 1.86 bits per heavy atom. The van der Waals surface area contributed by atoms with Crippen LogP contribution in [0.15, 0.2) is 60.6 Å². The van der Waals surface area contributed by atoms with E-state index in [9.17, 15) is 14.7 Å². The molecule has 1 aliphatic carbocycles. The predicted octanol–water partition coefficient (Wildman–Crippen LogP) is 5.78. The van der Waals surface area contributed by atoms with Crippen molar-refractivity contribution in [2.75, 3.05) is 25.0 Å². The Hall–Kier alpha value is -4.31. The van der Waals surface area contributed by atoms with Gasteiger partial charge in [0.25, 0.3) is 0 Å². The monoisotopic (exact) mass is 586 g/mol. The molecule has 1 fully saturated rings. The number of benzene rings is 1. The number of aromatic nitrogens is 3. The molecular weight excluding hydrogens is 552 g/mol. The number of ether oxygens (including phenoxy) is 1. The number of nitrogens with zero attached hydrogens (tertiary/aromatic N) is 4. The summed E-state index contributed by atoms with van der Waals surface area (Å²) in [5.74, 6) is 0.321. The number of urea groups is 1. The molecule has 218 valence electrons. The Morgan fingerprint density at radius 1 is 1.12 bits per heavy atom. The van der Waals surface area contributed by atoms with E-state index < -0.39 is 11.2 Å². The summed E-state index contributed by atoms with van der Waals surface area (Å²) in [5, 5.41) is 17.4. The van der Waals surface area contributed by atoms with Crippen LogP contribution in [0.3, 0.4) is 0 Å². The van der Waals surface area contributed by atoms with Gasteiger partial charge in [-0.15, -0.1) is 5.73 Å². The van der Waals surface area contributed by atoms with Crippen molar-refractivity contribution in [1.82, 2.24) is 25.2 Å². The first kappa shape index (κ1) is 29.2. The van der Waals surface area contributed by atoms with Gasteiger partial charge in [-0.1, -0.05) is 29.6 Å². The van der Waals surface area contributed by atoms with Gasteiger partial charge in [0.05, 0.1) is 10.2 Å². The van der Waals surface area contributed by atoms with Gasteiger partial charge in [0.2, 0.25) is 0 Å². The fraction of sp³-hybridized carbons (Fsp3) is 0.355. The van der Waals surface area contributed by atoms with Crippen molar-refractivity contribution in [2.24, 2.45) is 0 Å². The highest BCUT2D eigenvalue weighted by molar-refractivity contribution is 7.22. The Kier molecular flexibility index (Phi) is 8.27. The number of amides is 3. The molecule has 0 atom stereocenters. The highest BCUT2D eigenvalue weighted by Gasteiger charge is 2.39. The van der Waals surface area contributed by atoms with Gasteiger partial charge in [0, 0.05) is 61.6 Å². The molecule has 11 heteroatoms. The second-order valence-corrected chi connectivity index (χ2v) is 12.1. The first-order valence-corrected chi connectivity index (χ1v) is 14.7. The van der Waals surface area contributed by atoms with Crippen LogP contribution >= 0.6 is 11.3 Å². The number of aliphatic hydroxyl groups is 1. The quantitative estimate of drug-likeness (QED) is 0.323. The molecular formula is C31H34N6O4S. The number of piperidine rings is 1. The summed E-state index contributed by atoms with van der Waals surface area (Å²) in [6.07, 6.45) is 13.3. The lowest BCUT2D eigenvalue weighted by atomic mass is 9.90. The minimum absolute atomic E-state index is 0.308. The smallest absolute Gasteiger partial charge is 0.410 e. The van der Waals surface area contributed by atoms with E-state index in [-0.39, 0.29) is 12.1 Å². The largest absolute Gasteiger partial charge is 0.444 e. The van der Waals surface area contributed by atoms with E-state index in [1.807, 2.05) is 70.2 Å². The summed E-state index contributed by atoms with van der Waals surface area (Å²) in [7, 11) is 0. The van der Waals surface area contributed by atoms with E-state index in [4.69, 9.17) is 4.74 Å². The zero-order chi connectivity index (χ0) is 29.9. The first-order chi connectivity index (χ1) is 20.0. The number of hydrogen-bond acceptors (Lipinski definition) is 8. The molecule has 3 heterocycles. The molecule has 42 heavy (non-hydrogen) atoms. The molecule has 5 rings (SSSR count). The van der Waals surface area contributed by atoms with E-state index in [0.29, 0.717) is 43.4 Å². The number of anilines is 1. The van der Waals surface area contributed by atoms with Crippen LogP contribution in [0.4, 0.5) is 14.7 Å². The average Bonchev–Trinajstić information content (AvgIpc) is 3.15. The van der Waals surface area contributed by atoms with Crippen LogP contribution in [0.2, 0.25) is 0 Å². The number of hydrogen-bond donors (Lipinski definition) is 3. The topological polar surface area (TPSA) is 130 Å². The number of thiazole rings is 1. The lowest BCUT2D eigenvalue weighted by Gasteiger charge is -2.37. The number of likely N-dealkylation sites (tertiary alicyclic amines) is 1. The molecule has 3 N–H and O–H groups in total. The van der Waals surface area contributed by atoms with Gasteiger partial charge in [-0.2, -0.15) is 0 Å². The molecule has 3 aromatic rings. The summed E-state index contributed by atoms with van der Waals surface area (Å²) in [6.45, 7) is 8.54. The van der Waals surface area contributed by atoms with Crippen molar-refractivity contribution in [1.29, 1.82) is 0 Å². The standard InChI is InChI=1S/C31H34N6O4S/c1-5-32-27(38)36-28-35-24-17-21(16-23(25(24)42-28)20-10-8-6-7-9-11-20)22-18-33-26(34-19-22)31(40)12-14-37(15-13-31)29(39)41-30(2,3)4/h6-10,16-19,40H,5,12-15H2,1-4H3,(H2,32,35,36,38). The Balaban J connectivity index is 1.42. The lowest BCUT2D eigenvalue weighted by Crippen LogP contribution is -2.47. The maximum Gasteiger partial charge on any atom is 0.410 e. The average molecular weight is 587 g/mol. The number of allylic oxidation sites excluding steroid dienone is 5. The number of carbonyl (C=O) groups excluding carboxylic acids is 2. The third kappa shape index (κ3) is 6.60. The van der Waals surface area contributed by atoms with Gasteiger partial charge in [-0.05, 0) is 57.5 Å². The van der Waals surface area contributed by atoms with Crippen LogP contribution in [0.25, 0.3) is 26.9 Å². The molecule has 1 aromatic carbocycles. The van der Waals surface area contributed by atoms with E-state index in [0.717, 1.165) is 32.5 Å². The molecule has 10 nitrogen and oxygen atoms in total. The van der Waals surface area contributed by atoms with Crippen molar-refractivity contribution >= 4 is 44.4 Å². The molecule has 0 unspecified atom stereocenters. The molecule has 0 bridgehead atoms. The van der Waals surface area contributed by atoms with Crippen molar-refractivity contribution < 1.29 is 19.4 Å². The maximum atomic E-state index is 12.4. The van der Waals surface area contributed by atoms with Gasteiger partial charge < -0.3 is 20.1 Å². The summed E-state index contributed by atoms with van der Waals surface area (Å²) in [4.78, 5) is 40.0. The maximum absolute atomic E-state index is 12.4. The van der Waals surface area contributed by atoms with Crippen LogP contribution in [-0.2, 0) is 10.3 Å². The third-order valence-corrected chi connectivity index (χ3v) is 7.82. The van der Waals surface area contributed by atoms with Crippen molar-refractivity contribution in [3.63, 3.8) is 0 Å². The minimum atomic E-state index is -1.24. The van der Waals surface area contributed by atoms with Gasteiger partial charge in [-0.25, -0.2) is 24.5 Å². The van der Waals surface area contributed by atoms with Gasteiger partial charge in [-0.3, -0.25) is 5.32 Å². The van der Waals surface area contributed by atoms with Gasteiger partial charge >= 0.3 is 12.1 Å². The van der Waals surface area contributed by atoms with Crippen molar-refractivity contribution in [3.05, 3.63) is 72.0 Å². The first-order valence-electron chi connectivity index (χ1n) is 13.9. The zero-order valence-corrected chi connectivity index (χ0v) is 24.9. The van der Waals surface area contributed by atoms with E-state index in [1.165, 1.54) is 11.3 Å². The Morgan fingerprint density at radius 3 is 2.55 bits per heavy atom. The number of fused-ring (bicyclic) bond motifs is 1. The zero-order valence-electron chi connectivity index (χ0n) is 24.1. The van der Waals surface area contributed by atoms with E-state index >= 15 is 0 Å². The van der Waals surface area contributed by atoms with Crippen LogP contribution in [0.5, 0.6) is 0 Å². The number of rotatable bonds is 5. The van der Waals surface area contributed by atoms with Crippen molar-refractivity contribution in [3.8, 4) is 11.1 Å². The normalized spacial score (nSPS) is 16.2. The fourth-order valence-corrected chi connectivity index (χ4v) is 5.68. The molecule has 0 radical (unpaired) electrons. The van der Waals surface area contributed by atoms with Crippen LogP contribution in [0.1, 0.15) is 51.9 Å². The van der Waals surface area contributed by atoms with Crippen LogP contribution < -0.4 is 10.6 Å². The molecule has 0 saturated carbocycles. The number of carbonyl (C=O) groups is 2. The summed E-state index contributed by atoms with van der Waals surface area (Å²) >= 11 is 1.39. The summed E-state index contributed by atoms with van der Waals surface area (Å²) < 4.78 is 6.38. The van der Waals surface area contributed by atoms with E-state index in [2.05, 4.69) is 31.3 Å². The molecule has 1 saturated heterocycles. The van der Waals surface area contributed by atoms with E-state index in [1.54, 1.807) is 17.3 Å². The van der Waals surface area contributed by atoms with Crippen LogP contribution in [-0.4, -0.2) is 62.3 Å². The predicted molar refractivity (Wildman–Crippen MR) is 164 cm³/mol. The molecule has 3 amide bonds. The van der Waals surface area contributed by atoms with Gasteiger partial charge in [0.15, 0.2) is 11.0 Å². The lowest BCUT2D eigenvalue weighted by molar-refractivity contribution is -0.0409. The molecule has 2 aromatic heterocycles. The molecule has 0 spiro atoms. The third-order valence-electron chi connectivity index (χ3n) is 6.80. The fourth-order valence-electron chi connectivity index (χ4n) is 4.71. The van der Waals surface area contributed by atoms with Crippen LogP contribution in [0, 0.1) is 0 Å². The summed E-state index contributed by atoms with van der Waals surface area (Å²) in [6, 6.07) is 3.66. The highest BCUT2D eigenvalue weighted by atomic mass is 32.1. The second kappa shape index (κ2) is 11.9. The van der Waals surface area contributed by atoms with Gasteiger partial charge in [0.1, 0.15) is 11.2 Å². The second-order valence-electron chi connectivity index (χ2n) is 11.1. The number of nitrogens with one attached hydrogen (secondary N) is 2. The SMILES string of the molecule is CCNC(=O)Nc1nc2cc(-c3cnc(C4(O)CCN(C(=O)OC(C)(C)C)CC4)nc3)cc(C3=C=CC=CC=C3)c2s1. The molecule has 1 aliphatic heterocycles. The highest BCUT2D eigenvalue weighted by Crippen LogP contribution is 2.38. The minimum Gasteiger partial charge on any atom is -0.444 e. The molecule has 2 aliphatic rings. The Labute approximate surface area is 248 Å². The van der Waals surface area contributed by atoms with Crippen molar-refractivity contribution in [2.45, 2.75) is 51.7 Å². The summed E-state index contributed by atoms with van der Waals surface area (Å²) in [5.41, 5.74) is 5.60. The Bertz CT molecular complexity index is 1620.